The van der Waals surface area contributed by atoms with Gasteiger partial charge in [-0.3, -0.25) is 0 Å². The molecule has 0 bridgehead atoms. The third kappa shape index (κ3) is 3.33. The molecule has 0 fully saturated rings. The van der Waals surface area contributed by atoms with Crippen LogP contribution in [0.3, 0.4) is 0 Å². The summed E-state index contributed by atoms with van der Waals surface area (Å²) in [4.78, 5) is 3.31. The summed E-state index contributed by atoms with van der Waals surface area (Å²) in [7, 11) is 2.01. The van der Waals surface area contributed by atoms with Gasteiger partial charge in [0.25, 0.3) is 0 Å². The highest BCUT2D eigenvalue weighted by molar-refractivity contribution is 7.16. The lowest BCUT2D eigenvalue weighted by Gasteiger charge is -2.20. The first-order valence-corrected chi connectivity index (χ1v) is 7.50. The molecule has 5 heteroatoms. The molecule has 18 heavy (non-hydrogen) atoms. The molecule has 0 atom stereocenters. The number of anilines is 1. The minimum absolute atomic E-state index is 0.476. The molecule has 0 N–H and O–H groups in total. The third-order valence-electron chi connectivity index (χ3n) is 2.60. The fourth-order valence-corrected chi connectivity index (χ4v) is 3.35. The molecule has 0 saturated carbocycles. The second kappa shape index (κ2) is 6.16. The Kier molecular flexibility index (Phi) is 4.79. The van der Waals surface area contributed by atoms with E-state index in [1.165, 1.54) is 4.88 Å². The van der Waals surface area contributed by atoms with Gasteiger partial charge in [0.1, 0.15) is 0 Å². The van der Waals surface area contributed by atoms with Crippen LogP contribution in [0.4, 0.5) is 5.69 Å². The average Bonchev–Trinajstić information content (AvgIpc) is 2.74. The van der Waals surface area contributed by atoms with Crippen LogP contribution in [-0.2, 0) is 12.4 Å². The molecule has 1 nitrogen and oxygen atoms in total. The largest absolute Gasteiger partial charge is 0.368 e. The molecule has 1 aromatic carbocycles. The molecule has 2 aromatic rings. The van der Waals surface area contributed by atoms with E-state index in [1.807, 2.05) is 37.4 Å². The Bertz CT molecular complexity index is 539. The molecule has 0 aliphatic rings. The molecule has 0 saturated heterocycles. The molecule has 0 aliphatic carbocycles. The quantitative estimate of drug-likeness (QED) is 0.679. The summed E-state index contributed by atoms with van der Waals surface area (Å²) in [6.45, 7) is 0.789. The number of hydrogen-bond acceptors (Lipinski definition) is 2. The Hall–Kier alpha value is -0.410. The lowest BCUT2D eigenvalue weighted by Crippen LogP contribution is -2.15. The van der Waals surface area contributed by atoms with Crippen LogP contribution in [-0.4, -0.2) is 7.05 Å². The van der Waals surface area contributed by atoms with E-state index in [0.717, 1.165) is 27.2 Å². The Morgan fingerprint density at radius 2 is 1.94 bits per heavy atom. The molecule has 0 amide bonds. The smallest absolute Gasteiger partial charge is 0.0931 e. The summed E-state index contributed by atoms with van der Waals surface area (Å²) >= 11 is 19.5. The van der Waals surface area contributed by atoms with Crippen molar-refractivity contribution in [3.05, 3.63) is 50.1 Å². The molecule has 1 heterocycles. The van der Waals surface area contributed by atoms with Crippen molar-refractivity contribution < 1.29 is 0 Å². The summed E-state index contributed by atoms with van der Waals surface area (Å²) < 4.78 is 0.807. The van der Waals surface area contributed by atoms with Gasteiger partial charge in [0.15, 0.2) is 0 Å². The van der Waals surface area contributed by atoms with E-state index in [-0.39, 0.29) is 0 Å². The maximum atomic E-state index is 6.25. The number of alkyl halides is 1. The predicted molar refractivity (Wildman–Crippen MR) is 82.4 cm³/mol. The average molecular weight is 321 g/mol. The minimum Gasteiger partial charge on any atom is -0.368 e. The van der Waals surface area contributed by atoms with E-state index in [2.05, 4.69) is 4.90 Å². The van der Waals surface area contributed by atoms with Crippen LogP contribution in [0.5, 0.6) is 0 Å². The van der Waals surface area contributed by atoms with Crippen molar-refractivity contribution in [2.24, 2.45) is 0 Å². The standard InChI is InChI=1S/C13H12Cl3NS/c1-17(8-10-3-5-13(16)18-10)12-4-2-9(7-14)6-11(12)15/h2-6H,7-8H2,1H3. The molecule has 96 valence electrons. The van der Waals surface area contributed by atoms with Gasteiger partial charge in [-0.1, -0.05) is 29.3 Å². The Morgan fingerprint density at radius 1 is 1.17 bits per heavy atom. The van der Waals surface area contributed by atoms with Gasteiger partial charge in [-0.25, -0.2) is 0 Å². The van der Waals surface area contributed by atoms with Crippen molar-refractivity contribution in [2.45, 2.75) is 12.4 Å². The maximum absolute atomic E-state index is 6.25. The second-order valence-corrected chi connectivity index (χ2v) is 6.46. The molecule has 0 radical (unpaired) electrons. The van der Waals surface area contributed by atoms with Crippen molar-refractivity contribution in [1.82, 2.24) is 0 Å². The lowest BCUT2D eigenvalue weighted by molar-refractivity contribution is 0.940. The highest BCUT2D eigenvalue weighted by Gasteiger charge is 2.08. The molecule has 2 rings (SSSR count). The van der Waals surface area contributed by atoms with Crippen molar-refractivity contribution in [3.63, 3.8) is 0 Å². The van der Waals surface area contributed by atoms with E-state index in [1.54, 1.807) is 11.3 Å². The van der Waals surface area contributed by atoms with Crippen molar-refractivity contribution >= 4 is 51.8 Å². The lowest BCUT2D eigenvalue weighted by atomic mass is 10.2. The van der Waals surface area contributed by atoms with Crippen LogP contribution in [0.2, 0.25) is 9.36 Å². The molecular formula is C13H12Cl3NS. The molecule has 1 aromatic heterocycles. The topological polar surface area (TPSA) is 3.24 Å². The molecular weight excluding hydrogens is 309 g/mol. The van der Waals surface area contributed by atoms with E-state index < -0.39 is 0 Å². The number of halogens is 3. The molecule has 0 aliphatic heterocycles. The summed E-state index contributed by atoms with van der Waals surface area (Å²) in [6, 6.07) is 9.83. The fourth-order valence-electron chi connectivity index (χ4n) is 1.70. The summed E-state index contributed by atoms with van der Waals surface area (Å²) in [5.41, 5.74) is 2.02. The van der Waals surface area contributed by atoms with Gasteiger partial charge in [-0.15, -0.1) is 22.9 Å². The van der Waals surface area contributed by atoms with E-state index >= 15 is 0 Å². The fraction of sp³-hybridized carbons (Fsp3) is 0.231. The number of thiophene rings is 1. The number of nitrogens with zero attached hydrogens (tertiary/aromatic N) is 1. The van der Waals surface area contributed by atoms with Crippen LogP contribution in [0, 0.1) is 0 Å². The summed E-state index contributed by atoms with van der Waals surface area (Å²) in [6.07, 6.45) is 0. The van der Waals surface area contributed by atoms with Crippen molar-refractivity contribution in [1.29, 1.82) is 0 Å². The highest BCUT2D eigenvalue weighted by Crippen LogP contribution is 2.29. The zero-order valence-electron chi connectivity index (χ0n) is 9.79. The first-order chi connectivity index (χ1) is 8.60. The van der Waals surface area contributed by atoms with Gasteiger partial charge >= 0.3 is 0 Å². The number of benzene rings is 1. The Morgan fingerprint density at radius 3 is 2.50 bits per heavy atom. The van der Waals surface area contributed by atoms with Gasteiger partial charge in [0.05, 0.1) is 21.6 Å². The van der Waals surface area contributed by atoms with Gasteiger partial charge < -0.3 is 4.90 Å². The van der Waals surface area contributed by atoms with E-state index in [9.17, 15) is 0 Å². The second-order valence-electron chi connectivity index (χ2n) is 3.98. The van der Waals surface area contributed by atoms with E-state index in [4.69, 9.17) is 34.8 Å². The van der Waals surface area contributed by atoms with Crippen LogP contribution in [0.25, 0.3) is 0 Å². The summed E-state index contributed by atoms with van der Waals surface area (Å²) in [5, 5.41) is 0.721. The highest BCUT2D eigenvalue weighted by atomic mass is 35.5. The number of rotatable bonds is 4. The predicted octanol–water partition coefficient (Wildman–Crippen LogP) is 5.43. The molecule has 0 spiro atoms. The Balaban J connectivity index is 2.15. The van der Waals surface area contributed by atoms with Crippen LogP contribution in [0.1, 0.15) is 10.4 Å². The SMILES string of the molecule is CN(Cc1ccc(Cl)s1)c1ccc(CCl)cc1Cl. The van der Waals surface area contributed by atoms with Crippen LogP contribution in [0.15, 0.2) is 30.3 Å². The van der Waals surface area contributed by atoms with Gasteiger partial charge in [-0.05, 0) is 29.8 Å². The number of hydrogen-bond donors (Lipinski definition) is 0. The van der Waals surface area contributed by atoms with Gasteiger partial charge in [0, 0.05) is 17.8 Å². The third-order valence-corrected chi connectivity index (χ3v) is 4.43. The van der Waals surface area contributed by atoms with Crippen molar-refractivity contribution in [2.75, 3.05) is 11.9 Å². The van der Waals surface area contributed by atoms with E-state index in [0.29, 0.717) is 5.88 Å². The Labute approximate surface area is 126 Å². The van der Waals surface area contributed by atoms with Crippen LogP contribution < -0.4 is 4.90 Å². The first kappa shape index (κ1) is 14.0. The summed E-state index contributed by atoms with van der Waals surface area (Å²) in [5.74, 6) is 0.476. The normalized spacial score (nSPS) is 10.7. The zero-order chi connectivity index (χ0) is 13.1. The van der Waals surface area contributed by atoms with Gasteiger partial charge in [0.2, 0.25) is 0 Å². The van der Waals surface area contributed by atoms with Crippen LogP contribution >= 0.6 is 46.1 Å². The van der Waals surface area contributed by atoms with Gasteiger partial charge in [-0.2, -0.15) is 0 Å². The zero-order valence-corrected chi connectivity index (χ0v) is 12.9. The van der Waals surface area contributed by atoms with Crippen molar-refractivity contribution in [3.8, 4) is 0 Å². The monoisotopic (exact) mass is 319 g/mol. The maximum Gasteiger partial charge on any atom is 0.0931 e. The molecule has 0 unspecified atom stereocenters. The first-order valence-electron chi connectivity index (χ1n) is 5.40. The minimum atomic E-state index is 0.476.